The third-order valence-electron chi connectivity index (χ3n) is 4.91. The van der Waals surface area contributed by atoms with Crippen molar-refractivity contribution in [1.82, 2.24) is 4.90 Å². The zero-order valence-corrected chi connectivity index (χ0v) is 18.1. The molecule has 4 rings (SSSR count). The average molecular weight is 421 g/mol. The van der Waals surface area contributed by atoms with Crippen LogP contribution >= 0.6 is 11.8 Å². The average Bonchev–Trinajstić information content (AvgIpc) is 3.04. The summed E-state index contributed by atoms with van der Waals surface area (Å²) in [5.41, 5.74) is 3.50. The Hall–Kier alpha value is -2.93. The summed E-state index contributed by atoms with van der Waals surface area (Å²) < 4.78 is 0. The Morgan fingerprint density at radius 2 is 1.90 bits per heavy atom. The van der Waals surface area contributed by atoms with Crippen LogP contribution in [0.25, 0.3) is 0 Å². The van der Waals surface area contributed by atoms with E-state index in [4.69, 9.17) is 4.99 Å². The number of carbonyl (C=O) groups excluding carboxylic acids is 2. The van der Waals surface area contributed by atoms with Gasteiger partial charge in [-0.25, -0.2) is 9.89 Å². The van der Waals surface area contributed by atoms with Crippen LogP contribution in [0.1, 0.15) is 31.4 Å². The molecule has 2 amide bonds. The van der Waals surface area contributed by atoms with E-state index in [1.54, 1.807) is 4.90 Å². The highest BCUT2D eigenvalue weighted by Gasteiger charge is 2.41. The first kappa shape index (κ1) is 20.3. The molecule has 2 aromatic rings. The largest absolute Gasteiger partial charge is 0.325 e. The lowest BCUT2D eigenvalue weighted by molar-refractivity contribution is -0.125. The van der Waals surface area contributed by atoms with Crippen LogP contribution in [-0.4, -0.2) is 39.5 Å². The predicted molar refractivity (Wildman–Crippen MR) is 122 cm³/mol. The van der Waals surface area contributed by atoms with Crippen LogP contribution in [0.4, 0.5) is 11.4 Å². The van der Waals surface area contributed by atoms with Gasteiger partial charge < -0.3 is 5.32 Å². The standard InChI is InChI=1S/C23H24N4O2S/c1-14(2)12-19-22(29)27-21(25-19)17-6-4-5-7-18(17)26-23(27)30-13-20(28)24-16-10-8-15(3)9-11-16/h4-11,14,19H,12-13H2,1-3H3,(H,24,28)/t19-/m1/s1. The first-order chi connectivity index (χ1) is 14.4. The summed E-state index contributed by atoms with van der Waals surface area (Å²) in [6.45, 7) is 6.16. The van der Waals surface area contributed by atoms with Crippen LogP contribution in [0.2, 0.25) is 0 Å². The quantitative estimate of drug-likeness (QED) is 0.780. The Morgan fingerprint density at radius 1 is 1.17 bits per heavy atom. The molecule has 7 heteroatoms. The molecule has 0 saturated carbocycles. The number of amidine groups is 2. The number of nitrogens with zero attached hydrogens (tertiary/aromatic N) is 3. The summed E-state index contributed by atoms with van der Waals surface area (Å²) in [6.07, 6.45) is 0.687. The third-order valence-corrected chi connectivity index (χ3v) is 5.85. The van der Waals surface area contributed by atoms with Gasteiger partial charge in [0.25, 0.3) is 5.91 Å². The molecule has 0 radical (unpaired) electrons. The SMILES string of the molecule is Cc1ccc(NC(=O)CSC2=Nc3ccccc3C3=N[C@H](CC(C)C)C(=O)N23)cc1. The molecule has 2 aliphatic rings. The zero-order valence-electron chi connectivity index (χ0n) is 17.3. The first-order valence-electron chi connectivity index (χ1n) is 10.0. The Bertz CT molecular complexity index is 1040. The number of thioether (sulfide) groups is 1. The van der Waals surface area contributed by atoms with E-state index >= 15 is 0 Å². The van der Waals surface area contributed by atoms with Crippen molar-refractivity contribution in [1.29, 1.82) is 0 Å². The first-order valence-corrected chi connectivity index (χ1v) is 11.0. The molecule has 6 nitrogen and oxygen atoms in total. The van der Waals surface area contributed by atoms with Gasteiger partial charge in [0, 0.05) is 11.3 Å². The van der Waals surface area contributed by atoms with Crippen LogP contribution in [0.3, 0.4) is 0 Å². The minimum absolute atomic E-state index is 0.0709. The maximum Gasteiger partial charge on any atom is 0.259 e. The maximum atomic E-state index is 13.1. The second-order valence-electron chi connectivity index (χ2n) is 7.89. The number of amides is 2. The molecule has 0 aromatic heterocycles. The van der Waals surface area contributed by atoms with Crippen LogP contribution in [0, 0.1) is 12.8 Å². The smallest absolute Gasteiger partial charge is 0.259 e. The van der Waals surface area contributed by atoms with E-state index in [0.29, 0.717) is 23.3 Å². The zero-order chi connectivity index (χ0) is 21.3. The third kappa shape index (κ3) is 4.16. The predicted octanol–water partition coefficient (Wildman–Crippen LogP) is 4.37. The van der Waals surface area contributed by atoms with Gasteiger partial charge in [0.2, 0.25) is 5.91 Å². The van der Waals surface area contributed by atoms with Gasteiger partial charge in [-0.2, -0.15) is 0 Å². The van der Waals surface area contributed by atoms with E-state index in [9.17, 15) is 9.59 Å². The Balaban J connectivity index is 1.53. The topological polar surface area (TPSA) is 74.1 Å². The number of nitrogens with one attached hydrogen (secondary N) is 1. The van der Waals surface area contributed by atoms with Gasteiger partial charge >= 0.3 is 0 Å². The fraction of sp³-hybridized carbons (Fsp3) is 0.304. The maximum absolute atomic E-state index is 13.1. The van der Waals surface area contributed by atoms with Gasteiger partial charge in [-0.05, 0) is 43.5 Å². The van der Waals surface area contributed by atoms with Gasteiger partial charge in [0.1, 0.15) is 11.9 Å². The number of aryl methyl sites for hydroxylation is 1. The molecule has 2 aliphatic heterocycles. The summed E-state index contributed by atoms with van der Waals surface area (Å²) in [5.74, 6) is 0.930. The summed E-state index contributed by atoms with van der Waals surface area (Å²) in [7, 11) is 0. The number of fused-ring (bicyclic) bond motifs is 3. The number of para-hydroxylation sites is 1. The number of hydrogen-bond acceptors (Lipinski definition) is 5. The van der Waals surface area contributed by atoms with Crippen molar-refractivity contribution in [2.24, 2.45) is 15.9 Å². The molecular weight excluding hydrogens is 396 g/mol. The lowest BCUT2D eigenvalue weighted by atomic mass is 10.0. The molecule has 0 saturated heterocycles. The summed E-state index contributed by atoms with van der Waals surface area (Å²) in [6, 6.07) is 14.9. The van der Waals surface area contributed by atoms with Gasteiger partial charge in [-0.1, -0.05) is 55.4 Å². The molecule has 0 unspecified atom stereocenters. The molecule has 2 aromatic carbocycles. The molecule has 2 heterocycles. The van der Waals surface area contributed by atoms with E-state index in [0.717, 1.165) is 22.5 Å². The van der Waals surface area contributed by atoms with Gasteiger partial charge in [-0.15, -0.1) is 0 Å². The number of rotatable bonds is 5. The van der Waals surface area contributed by atoms with Crippen molar-refractivity contribution in [3.05, 3.63) is 59.7 Å². The molecule has 0 aliphatic carbocycles. The van der Waals surface area contributed by atoms with Crippen LogP contribution < -0.4 is 5.32 Å². The van der Waals surface area contributed by atoms with Gasteiger partial charge in [0.15, 0.2) is 5.17 Å². The van der Waals surface area contributed by atoms with Crippen molar-refractivity contribution < 1.29 is 9.59 Å². The number of aliphatic imine (C=N–C) groups is 2. The lowest BCUT2D eigenvalue weighted by Crippen LogP contribution is -2.41. The number of anilines is 1. The van der Waals surface area contributed by atoms with Crippen molar-refractivity contribution >= 4 is 46.0 Å². The Kier molecular flexibility index (Phi) is 5.72. The van der Waals surface area contributed by atoms with Crippen LogP contribution in [0.5, 0.6) is 0 Å². The normalized spacial score (nSPS) is 17.4. The lowest BCUT2D eigenvalue weighted by Gasteiger charge is -2.25. The highest BCUT2D eigenvalue weighted by atomic mass is 32.2. The monoisotopic (exact) mass is 420 g/mol. The minimum Gasteiger partial charge on any atom is -0.325 e. The number of hydrogen-bond donors (Lipinski definition) is 1. The Labute approximate surface area is 180 Å². The van der Waals surface area contributed by atoms with E-state index in [1.807, 2.05) is 55.5 Å². The molecule has 1 N–H and O–H groups in total. The van der Waals surface area contributed by atoms with Crippen molar-refractivity contribution in [3.63, 3.8) is 0 Å². The van der Waals surface area contributed by atoms with Crippen molar-refractivity contribution in [3.8, 4) is 0 Å². The van der Waals surface area contributed by atoms with Crippen LogP contribution in [0.15, 0.2) is 58.5 Å². The summed E-state index contributed by atoms with van der Waals surface area (Å²) in [4.78, 5) is 36.5. The van der Waals surface area contributed by atoms with Crippen LogP contribution in [-0.2, 0) is 9.59 Å². The second-order valence-corrected chi connectivity index (χ2v) is 8.83. The molecule has 0 spiro atoms. The fourth-order valence-corrected chi connectivity index (χ4v) is 4.26. The molecule has 154 valence electrons. The van der Waals surface area contributed by atoms with Crippen molar-refractivity contribution in [2.45, 2.75) is 33.2 Å². The minimum atomic E-state index is -0.404. The molecule has 0 fully saturated rings. The molecular formula is C23H24N4O2S. The van der Waals surface area contributed by atoms with Gasteiger partial charge in [-0.3, -0.25) is 14.6 Å². The van der Waals surface area contributed by atoms with E-state index in [1.165, 1.54) is 11.8 Å². The van der Waals surface area contributed by atoms with E-state index in [2.05, 4.69) is 24.2 Å². The van der Waals surface area contributed by atoms with Gasteiger partial charge in [0.05, 0.1) is 11.4 Å². The molecule has 0 bridgehead atoms. The Morgan fingerprint density at radius 3 is 2.63 bits per heavy atom. The molecule has 30 heavy (non-hydrogen) atoms. The fourth-order valence-electron chi connectivity index (χ4n) is 3.46. The van der Waals surface area contributed by atoms with E-state index in [-0.39, 0.29) is 17.6 Å². The summed E-state index contributed by atoms with van der Waals surface area (Å²) >= 11 is 1.25. The summed E-state index contributed by atoms with van der Waals surface area (Å²) in [5, 5.41) is 3.39. The van der Waals surface area contributed by atoms with E-state index < -0.39 is 6.04 Å². The van der Waals surface area contributed by atoms with Crippen molar-refractivity contribution in [2.75, 3.05) is 11.1 Å². The highest BCUT2D eigenvalue weighted by Crippen LogP contribution is 2.34. The highest BCUT2D eigenvalue weighted by molar-refractivity contribution is 8.14. The molecule has 1 atom stereocenters. The number of carbonyl (C=O) groups is 2. The second kappa shape index (κ2) is 8.44. The number of benzene rings is 2.